The summed E-state index contributed by atoms with van der Waals surface area (Å²) in [5, 5.41) is 44.5. The van der Waals surface area contributed by atoms with E-state index in [0.29, 0.717) is 68.9 Å². The molecule has 0 bridgehead atoms. The highest BCUT2D eigenvalue weighted by atomic mass is 35.5. The molecule has 0 fully saturated rings. The number of hydrogen-bond acceptors (Lipinski definition) is 10. The maximum Gasteiger partial charge on any atom is 0.323 e. The smallest absolute Gasteiger partial charge is 0.323 e. The Bertz CT molecular complexity index is 2240. The van der Waals surface area contributed by atoms with Crippen molar-refractivity contribution in [1.82, 2.24) is 15.6 Å². The first-order chi connectivity index (χ1) is 26.9. The van der Waals surface area contributed by atoms with Crippen LogP contribution >= 0.6 is 34.8 Å². The topological polar surface area (TPSA) is 170 Å². The minimum absolute atomic E-state index is 0.0213. The highest BCUT2D eigenvalue weighted by molar-refractivity contribution is 6.38. The molecule has 5 aromatic rings. The van der Waals surface area contributed by atoms with Gasteiger partial charge in [-0.3, -0.25) is 10.1 Å². The van der Waals surface area contributed by atoms with Crippen molar-refractivity contribution in [2.45, 2.75) is 39.1 Å². The van der Waals surface area contributed by atoms with Crippen molar-refractivity contribution >= 4 is 40.8 Å². The van der Waals surface area contributed by atoms with Gasteiger partial charge in [-0.1, -0.05) is 83.3 Å². The van der Waals surface area contributed by atoms with E-state index in [0.717, 1.165) is 16.7 Å². The molecule has 0 radical (unpaired) electrons. The van der Waals surface area contributed by atoms with E-state index in [4.69, 9.17) is 54.1 Å². The van der Waals surface area contributed by atoms with E-state index in [-0.39, 0.29) is 43.1 Å². The summed E-state index contributed by atoms with van der Waals surface area (Å²) in [6, 6.07) is 29.2. The van der Waals surface area contributed by atoms with E-state index in [1.54, 1.807) is 18.2 Å². The standard InChI is InChI=1S/C42H38Cl3N5O6/c1-42(2,41(52)53)49-23-31-20-36(43)40(50-39(31)55-24-28-18-26(21-46)17-27(19-28)22-47)56-25-30-5-3-7-34(37(30)44)35-8-4-6-33(38(35)45)29-9-11-32(12-10-29)54-16-14-48-13-15-51/h3-12,17-20,48-49,51H,13-16,23-25H2,1-2H3,(H,52,53). The van der Waals surface area contributed by atoms with Gasteiger partial charge < -0.3 is 29.7 Å². The molecular formula is C42H38Cl3N5O6. The molecule has 0 saturated carbocycles. The van der Waals surface area contributed by atoms with Crippen LogP contribution in [0.2, 0.25) is 15.1 Å². The molecule has 1 heterocycles. The Hall–Kier alpha value is -5.37. The van der Waals surface area contributed by atoms with Crippen LogP contribution in [0.5, 0.6) is 17.5 Å². The number of halogens is 3. The molecule has 14 heteroatoms. The largest absolute Gasteiger partial charge is 0.492 e. The number of hydrogen-bond donors (Lipinski definition) is 4. The van der Waals surface area contributed by atoms with Crippen LogP contribution in [-0.2, 0) is 24.6 Å². The van der Waals surface area contributed by atoms with Gasteiger partial charge in [0.2, 0.25) is 11.8 Å². The molecule has 0 atom stereocenters. The molecule has 0 amide bonds. The average Bonchev–Trinajstić information content (AvgIpc) is 3.19. The van der Waals surface area contributed by atoms with Gasteiger partial charge in [0.25, 0.3) is 0 Å². The van der Waals surface area contributed by atoms with Gasteiger partial charge in [0, 0.05) is 47.5 Å². The zero-order chi connectivity index (χ0) is 40.2. The number of aromatic nitrogens is 1. The molecule has 0 aliphatic rings. The van der Waals surface area contributed by atoms with Gasteiger partial charge in [0.1, 0.15) is 36.1 Å². The Morgan fingerprint density at radius 1 is 0.786 bits per heavy atom. The van der Waals surface area contributed by atoms with Crippen molar-refractivity contribution < 1.29 is 29.2 Å². The van der Waals surface area contributed by atoms with Crippen LogP contribution in [0.1, 0.15) is 41.7 Å². The average molecular weight is 815 g/mol. The Morgan fingerprint density at radius 2 is 1.43 bits per heavy atom. The number of nitrogens with one attached hydrogen (secondary N) is 2. The third-order valence-corrected chi connectivity index (χ3v) is 9.72. The molecule has 0 spiro atoms. The number of carboxylic acid groups (broad SMARTS) is 1. The van der Waals surface area contributed by atoms with Gasteiger partial charge in [-0.2, -0.15) is 15.5 Å². The van der Waals surface area contributed by atoms with E-state index < -0.39 is 11.5 Å². The van der Waals surface area contributed by atoms with E-state index >= 15 is 0 Å². The molecule has 0 unspecified atom stereocenters. The lowest BCUT2D eigenvalue weighted by Crippen LogP contribution is -2.46. The summed E-state index contributed by atoms with van der Waals surface area (Å²) in [4.78, 5) is 16.3. The van der Waals surface area contributed by atoms with Gasteiger partial charge >= 0.3 is 5.97 Å². The maximum atomic E-state index is 11.8. The Kier molecular flexibility index (Phi) is 14.5. The van der Waals surface area contributed by atoms with Crippen molar-refractivity contribution in [2.75, 3.05) is 26.3 Å². The van der Waals surface area contributed by atoms with E-state index in [1.807, 2.05) is 72.8 Å². The second-order valence-electron chi connectivity index (χ2n) is 13.0. The number of aliphatic hydroxyl groups excluding tert-OH is 1. The molecular weight excluding hydrogens is 777 g/mol. The number of nitriles is 2. The lowest BCUT2D eigenvalue weighted by Gasteiger charge is -2.22. The van der Waals surface area contributed by atoms with Crippen LogP contribution in [0.3, 0.4) is 0 Å². The minimum atomic E-state index is -1.27. The fourth-order valence-corrected chi connectivity index (χ4v) is 6.33. The normalized spacial score (nSPS) is 11.1. The summed E-state index contributed by atoms with van der Waals surface area (Å²) in [6.07, 6.45) is 0. The molecule has 0 aliphatic heterocycles. The zero-order valence-electron chi connectivity index (χ0n) is 30.5. The zero-order valence-corrected chi connectivity index (χ0v) is 32.8. The maximum absolute atomic E-state index is 11.8. The van der Waals surface area contributed by atoms with Crippen molar-refractivity contribution in [1.29, 1.82) is 10.5 Å². The number of carboxylic acids is 1. The molecule has 0 saturated heterocycles. The number of aliphatic hydroxyl groups is 1. The summed E-state index contributed by atoms with van der Waals surface area (Å²) in [7, 11) is 0. The molecule has 1 aromatic heterocycles. The molecule has 56 heavy (non-hydrogen) atoms. The predicted octanol–water partition coefficient (Wildman–Crippen LogP) is 8.19. The summed E-state index contributed by atoms with van der Waals surface area (Å²) in [6.45, 7) is 4.68. The Balaban J connectivity index is 1.37. The fraction of sp³-hybridized carbons (Fsp3) is 0.238. The summed E-state index contributed by atoms with van der Waals surface area (Å²) in [5.41, 5.74) is 4.09. The summed E-state index contributed by atoms with van der Waals surface area (Å²) >= 11 is 20.7. The first kappa shape index (κ1) is 41.8. The predicted molar refractivity (Wildman–Crippen MR) is 215 cm³/mol. The van der Waals surface area contributed by atoms with Crippen molar-refractivity contribution in [3.8, 4) is 51.9 Å². The molecule has 4 N–H and O–H groups in total. The Morgan fingerprint density at radius 3 is 2.09 bits per heavy atom. The SMILES string of the molecule is CC(C)(NCc1cc(Cl)c(OCc2cccc(-c3cccc(-c4ccc(OCCNCCO)cc4)c3Cl)c2Cl)nc1OCc1cc(C#N)cc(C#N)c1)C(=O)O. The fourth-order valence-electron chi connectivity index (χ4n) is 5.48. The van der Waals surface area contributed by atoms with E-state index in [2.05, 4.69) is 15.6 Å². The number of pyridine rings is 1. The van der Waals surface area contributed by atoms with Gasteiger partial charge in [0.05, 0.1) is 39.9 Å². The van der Waals surface area contributed by atoms with Gasteiger partial charge in [-0.05, 0) is 61.4 Å². The number of aliphatic carboxylic acids is 1. The first-order valence-electron chi connectivity index (χ1n) is 17.4. The highest BCUT2D eigenvalue weighted by Crippen LogP contribution is 2.41. The lowest BCUT2D eigenvalue weighted by molar-refractivity contribution is -0.143. The minimum Gasteiger partial charge on any atom is -0.492 e. The van der Waals surface area contributed by atoms with Crippen molar-refractivity contribution in [3.05, 3.63) is 128 Å². The molecule has 5 rings (SSSR count). The molecule has 288 valence electrons. The van der Waals surface area contributed by atoms with Gasteiger partial charge in [0.15, 0.2) is 0 Å². The van der Waals surface area contributed by atoms with E-state index in [9.17, 15) is 20.4 Å². The van der Waals surface area contributed by atoms with Crippen LogP contribution in [-0.4, -0.2) is 53.0 Å². The molecule has 4 aromatic carbocycles. The van der Waals surface area contributed by atoms with Crippen LogP contribution in [0.15, 0.2) is 84.9 Å². The van der Waals surface area contributed by atoms with Crippen LogP contribution in [0.4, 0.5) is 0 Å². The highest BCUT2D eigenvalue weighted by Gasteiger charge is 2.27. The third kappa shape index (κ3) is 10.7. The number of rotatable bonds is 18. The van der Waals surface area contributed by atoms with Gasteiger partial charge in [-0.25, -0.2) is 0 Å². The van der Waals surface area contributed by atoms with Crippen molar-refractivity contribution in [3.63, 3.8) is 0 Å². The van der Waals surface area contributed by atoms with Gasteiger partial charge in [-0.15, -0.1) is 0 Å². The third-order valence-electron chi connectivity index (χ3n) is 8.60. The van der Waals surface area contributed by atoms with E-state index in [1.165, 1.54) is 19.9 Å². The molecule has 11 nitrogen and oxygen atoms in total. The van der Waals surface area contributed by atoms with Crippen molar-refractivity contribution in [2.24, 2.45) is 0 Å². The molecule has 0 aliphatic carbocycles. The lowest BCUT2D eigenvalue weighted by atomic mass is 9.97. The Labute approximate surface area is 340 Å². The van der Waals surface area contributed by atoms with Crippen LogP contribution < -0.4 is 24.8 Å². The summed E-state index contributed by atoms with van der Waals surface area (Å²) < 4.78 is 18.0. The first-order valence-corrected chi connectivity index (χ1v) is 18.6. The number of ether oxygens (including phenoxy) is 3. The number of benzene rings is 4. The summed E-state index contributed by atoms with van der Waals surface area (Å²) in [5.74, 6) is -0.189. The second kappa shape index (κ2) is 19.5. The quantitative estimate of drug-likeness (QED) is 0.0629. The monoisotopic (exact) mass is 813 g/mol. The second-order valence-corrected chi connectivity index (χ2v) is 14.2. The number of nitrogens with zero attached hydrogens (tertiary/aromatic N) is 3. The van der Waals surface area contributed by atoms with Crippen LogP contribution in [0.25, 0.3) is 22.3 Å². The number of carbonyl (C=O) groups is 1. The van der Waals surface area contributed by atoms with Crippen LogP contribution in [0, 0.1) is 22.7 Å².